The summed E-state index contributed by atoms with van der Waals surface area (Å²) in [5, 5.41) is 10.2. The fourth-order valence-corrected chi connectivity index (χ4v) is 6.76. The smallest absolute Gasteiger partial charge is 0.322 e. The molecule has 0 saturated carbocycles. The second-order valence-corrected chi connectivity index (χ2v) is 13.6. The number of benzene rings is 2. The number of sulfone groups is 1. The predicted octanol–water partition coefficient (Wildman–Crippen LogP) is 2.36. The summed E-state index contributed by atoms with van der Waals surface area (Å²) < 4.78 is 57.5. The molecule has 12 heteroatoms. The van der Waals surface area contributed by atoms with Crippen molar-refractivity contribution in [2.45, 2.75) is 42.6 Å². The number of piperidine rings is 1. The first-order valence-corrected chi connectivity index (χ1v) is 15.6. The summed E-state index contributed by atoms with van der Waals surface area (Å²) in [6.45, 7) is 2.37. The van der Waals surface area contributed by atoms with Crippen molar-refractivity contribution in [3.05, 3.63) is 65.9 Å². The van der Waals surface area contributed by atoms with E-state index < -0.39 is 37.1 Å². The average Bonchev–Trinajstić information content (AvgIpc) is 2.87. The number of sulfonamides is 1. The number of aliphatic carboxylic acids is 1. The molecule has 0 amide bonds. The number of fused-ring (bicyclic) bond motifs is 1. The first-order valence-electron chi connectivity index (χ1n) is 12.2. The van der Waals surface area contributed by atoms with E-state index in [1.165, 1.54) is 18.4 Å². The summed E-state index contributed by atoms with van der Waals surface area (Å²) >= 11 is 0. The highest BCUT2D eigenvalue weighted by molar-refractivity contribution is 7.91. The van der Waals surface area contributed by atoms with Crippen LogP contribution in [0.5, 0.6) is 5.75 Å². The topological polar surface area (TPSA) is 143 Å². The number of hydrogen-bond donors (Lipinski definition) is 2. The molecule has 0 radical (unpaired) electrons. The summed E-state index contributed by atoms with van der Waals surface area (Å²) in [5.74, 6) is -0.687. The first-order chi connectivity index (χ1) is 17.9. The van der Waals surface area contributed by atoms with E-state index in [2.05, 4.69) is 9.71 Å². The van der Waals surface area contributed by atoms with Crippen molar-refractivity contribution in [1.29, 1.82) is 0 Å². The Morgan fingerprint density at radius 2 is 1.76 bits per heavy atom. The monoisotopic (exact) mass is 561 g/mol. The number of hydrogen-bond acceptors (Lipinski definition) is 8. The van der Waals surface area contributed by atoms with Gasteiger partial charge in [0.05, 0.1) is 15.7 Å². The number of ether oxygens (including phenoxy) is 1. The maximum Gasteiger partial charge on any atom is 0.322 e. The highest BCUT2D eigenvalue weighted by Gasteiger charge is 2.33. The standard InChI is InChI=1S/C26H31N3O7S2/c1-18-15-19(23-5-3-4-6-24(23)28-18)17-36-20-7-9-22(10-8-20)38(34,35)27-16-25(26(30)31)29-13-11-21(12-14-29)37(2,32)33/h3-10,15,21,25,27H,11-14,16-17H2,1-2H3,(H,30,31). The van der Waals surface area contributed by atoms with E-state index in [0.717, 1.165) is 22.2 Å². The van der Waals surface area contributed by atoms with E-state index in [4.69, 9.17) is 4.74 Å². The van der Waals surface area contributed by atoms with Crippen LogP contribution in [-0.2, 0) is 31.3 Å². The molecule has 204 valence electrons. The predicted molar refractivity (Wildman–Crippen MR) is 143 cm³/mol. The van der Waals surface area contributed by atoms with Gasteiger partial charge in [0.1, 0.15) is 28.2 Å². The molecule has 1 fully saturated rings. The molecule has 3 aromatic rings. The summed E-state index contributed by atoms with van der Waals surface area (Å²) in [6.07, 6.45) is 1.80. The van der Waals surface area contributed by atoms with Gasteiger partial charge < -0.3 is 9.84 Å². The van der Waals surface area contributed by atoms with Gasteiger partial charge in [0, 0.05) is 42.5 Å². The zero-order chi connectivity index (χ0) is 27.5. The second kappa shape index (κ2) is 11.4. The lowest BCUT2D eigenvalue weighted by atomic mass is 10.1. The molecular formula is C26H31N3O7S2. The molecule has 1 unspecified atom stereocenters. The molecule has 0 bridgehead atoms. The molecule has 1 atom stereocenters. The van der Waals surface area contributed by atoms with Gasteiger partial charge in [0.2, 0.25) is 10.0 Å². The van der Waals surface area contributed by atoms with E-state index in [-0.39, 0.29) is 31.1 Å². The van der Waals surface area contributed by atoms with Gasteiger partial charge in [-0.3, -0.25) is 14.7 Å². The van der Waals surface area contributed by atoms with E-state index in [0.29, 0.717) is 18.6 Å². The van der Waals surface area contributed by atoms with Crippen molar-refractivity contribution in [3.63, 3.8) is 0 Å². The number of para-hydroxylation sites is 1. The molecule has 1 saturated heterocycles. The molecule has 2 N–H and O–H groups in total. The fraction of sp³-hybridized carbons (Fsp3) is 0.385. The third-order valence-corrected chi connectivity index (χ3v) is 9.85. The van der Waals surface area contributed by atoms with Crippen molar-refractivity contribution in [3.8, 4) is 5.75 Å². The Bertz CT molecular complexity index is 1520. The van der Waals surface area contributed by atoms with Gasteiger partial charge in [-0.2, -0.15) is 0 Å². The molecule has 4 rings (SSSR count). The van der Waals surface area contributed by atoms with Crippen molar-refractivity contribution in [2.24, 2.45) is 0 Å². The Hall–Kier alpha value is -3.06. The number of nitrogens with one attached hydrogen (secondary N) is 1. The lowest BCUT2D eigenvalue weighted by Gasteiger charge is -2.35. The molecule has 2 aromatic carbocycles. The highest BCUT2D eigenvalue weighted by atomic mass is 32.2. The molecule has 1 aliphatic rings. The normalized spacial score (nSPS) is 16.4. The van der Waals surface area contributed by atoms with Crippen LogP contribution in [0, 0.1) is 6.92 Å². The van der Waals surface area contributed by atoms with Gasteiger partial charge in [0.15, 0.2) is 0 Å². The quantitative estimate of drug-likeness (QED) is 0.381. The zero-order valence-electron chi connectivity index (χ0n) is 21.2. The molecule has 38 heavy (non-hydrogen) atoms. The zero-order valence-corrected chi connectivity index (χ0v) is 22.8. The van der Waals surface area contributed by atoms with Crippen LogP contribution in [0.25, 0.3) is 10.9 Å². The number of carbonyl (C=O) groups is 1. The third kappa shape index (κ3) is 6.68. The van der Waals surface area contributed by atoms with Gasteiger partial charge in [-0.25, -0.2) is 21.6 Å². The number of aryl methyl sites for hydroxylation is 1. The summed E-state index contributed by atoms with van der Waals surface area (Å²) in [6, 6.07) is 14.5. The van der Waals surface area contributed by atoms with E-state index in [1.807, 2.05) is 37.3 Å². The number of carboxylic acid groups (broad SMARTS) is 1. The van der Waals surface area contributed by atoms with Crippen LogP contribution in [0.4, 0.5) is 0 Å². The molecule has 0 spiro atoms. The Morgan fingerprint density at radius 1 is 1.11 bits per heavy atom. The Labute approximate surface area is 222 Å². The maximum absolute atomic E-state index is 12.9. The second-order valence-electron chi connectivity index (χ2n) is 9.47. The van der Waals surface area contributed by atoms with Gasteiger partial charge >= 0.3 is 5.97 Å². The van der Waals surface area contributed by atoms with E-state index in [9.17, 15) is 26.7 Å². The van der Waals surface area contributed by atoms with Crippen molar-refractivity contribution < 1.29 is 31.5 Å². The lowest BCUT2D eigenvalue weighted by molar-refractivity contribution is -0.143. The van der Waals surface area contributed by atoms with Gasteiger partial charge in [0.25, 0.3) is 0 Å². The van der Waals surface area contributed by atoms with Crippen LogP contribution in [0.3, 0.4) is 0 Å². The number of aromatic nitrogens is 1. The largest absolute Gasteiger partial charge is 0.489 e. The minimum Gasteiger partial charge on any atom is -0.489 e. The minimum absolute atomic E-state index is 0.0185. The van der Waals surface area contributed by atoms with Crippen LogP contribution in [0.2, 0.25) is 0 Å². The molecule has 0 aliphatic carbocycles. The summed E-state index contributed by atoms with van der Waals surface area (Å²) in [5.41, 5.74) is 2.71. The van der Waals surface area contributed by atoms with Crippen LogP contribution < -0.4 is 9.46 Å². The molecular weight excluding hydrogens is 530 g/mol. The fourth-order valence-electron chi connectivity index (χ4n) is 4.65. The van der Waals surface area contributed by atoms with Crippen molar-refractivity contribution in [2.75, 3.05) is 25.9 Å². The Balaban J connectivity index is 1.37. The Morgan fingerprint density at radius 3 is 2.39 bits per heavy atom. The number of nitrogens with zero attached hydrogens (tertiary/aromatic N) is 2. The molecule has 2 heterocycles. The lowest BCUT2D eigenvalue weighted by Crippen LogP contribution is -2.52. The maximum atomic E-state index is 12.9. The third-order valence-electron chi connectivity index (χ3n) is 6.73. The summed E-state index contributed by atoms with van der Waals surface area (Å²) in [4.78, 5) is 18.0. The number of likely N-dealkylation sites (tertiary alicyclic amines) is 1. The van der Waals surface area contributed by atoms with E-state index >= 15 is 0 Å². The van der Waals surface area contributed by atoms with Crippen molar-refractivity contribution in [1.82, 2.24) is 14.6 Å². The highest BCUT2D eigenvalue weighted by Crippen LogP contribution is 2.23. The van der Waals surface area contributed by atoms with Crippen LogP contribution in [0.1, 0.15) is 24.1 Å². The minimum atomic E-state index is -3.98. The number of pyridine rings is 1. The molecule has 10 nitrogen and oxygen atoms in total. The molecule has 1 aromatic heterocycles. The van der Waals surface area contributed by atoms with Gasteiger partial charge in [-0.05, 0) is 56.2 Å². The first kappa shape index (κ1) is 28.0. The van der Waals surface area contributed by atoms with Crippen LogP contribution in [-0.4, -0.2) is 75.0 Å². The SMILES string of the molecule is Cc1cc(COc2ccc(S(=O)(=O)NCC(C(=O)O)N3CCC(S(C)(=O)=O)CC3)cc2)c2ccccc2n1. The van der Waals surface area contributed by atoms with Crippen LogP contribution in [0.15, 0.2) is 59.5 Å². The van der Waals surface area contributed by atoms with E-state index in [1.54, 1.807) is 17.0 Å². The summed E-state index contributed by atoms with van der Waals surface area (Å²) in [7, 11) is -7.18. The average molecular weight is 562 g/mol. The number of carboxylic acids is 1. The van der Waals surface area contributed by atoms with Gasteiger partial charge in [-0.1, -0.05) is 18.2 Å². The van der Waals surface area contributed by atoms with Crippen LogP contribution >= 0.6 is 0 Å². The van der Waals surface area contributed by atoms with Crippen molar-refractivity contribution >= 4 is 36.7 Å². The van der Waals surface area contributed by atoms with Gasteiger partial charge in [-0.15, -0.1) is 0 Å². The molecule has 1 aliphatic heterocycles. The number of rotatable bonds is 10. The Kier molecular flexibility index (Phi) is 8.36.